The third-order valence-corrected chi connectivity index (χ3v) is 9.01. The fourth-order valence-electron chi connectivity index (χ4n) is 6.52. The molecule has 0 bridgehead atoms. The van der Waals surface area contributed by atoms with E-state index in [2.05, 4.69) is 21.5 Å². The van der Waals surface area contributed by atoms with Gasteiger partial charge in [0.15, 0.2) is 5.82 Å². The van der Waals surface area contributed by atoms with Gasteiger partial charge in [-0.15, -0.1) is 0 Å². The number of rotatable bonds is 8. The van der Waals surface area contributed by atoms with Gasteiger partial charge in [0.2, 0.25) is 11.3 Å². The molecule has 2 aromatic carbocycles. The van der Waals surface area contributed by atoms with Gasteiger partial charge in [-0.2, -0.15) is 5.10 Å². The fraction of sp³-hybridized carbons (Fsp3) is 0.297. The van der Waals surface area contributed by atoms with E-state index in [9.17, 15) is 23.6 Å². The Balaban J connectivity index is 1.28. The Bertz CT molecular complexity index is 2150. The molecule has 1 aliphatic rings. The molecule has 0 radical (unpaired) electrons. The van der Waals surface area contributed by atoms with Crippen LogP contribution in [-0.4, -0.2) is 61.5 Å². The SMILES string of the molecule is CCOC(=O)c1c(-c2ccc(F)cc2)c(=O)c(C(=O)Nc2ccc(-c3cc(C4CCN(C(=O)C(C)C)CC4)n4ncnc(N)c34)cc2)cn1C. The molecule has 258 valence electrons. The lowest BCUT2D eigenvalue weighted by Gasteiger charge is -2.33. The van der Waals surface area contributed by atoms with Gasteiger partial charge in [0.25, 0.3) is 5.91 Å². The predicted molar refractivity (Wildman–Crippen MR) is 187 cm³/mol. The number of anilines is 2. The second-order valence-electron chi connectivity index (χ2n) is 12.6. The Kier molecular flexibility index (Phi) is 9.49. The standard InChI is InChI=1S/C37H38FN7O5/c1-5-50-37(49)32-30(24-6-10-25(38)11-7-24)33(46)28(19-43(32)4)35(47)42-26-12-8-22(9-13-26)27-18-29(45-31(27)34(39)40-20-41-45)23-14-16-44(17-15-23)36(48)21(2)3/h6-13,18-21,23H,5,14-17H2,1-4H3,(H,42,47)(H2,39,40,41). The van der Waals surface area contributed by atoms with Gasteiger partial charge in [0.05, 0.1) is 12.2 Å². The summed E-state index contributed by atoms with van der Waals surface area (Å²) in [6.45, 7) is 6.88. The van der Waals surface area contributed by atoms with Crippen LogP contribution in [0.4, 0.5) is 15.9 Å². The number of carbonyl (C=O) groups is 3. The average molecular weight is 680 g/mol. The number of nitrogens with two attached hydrogens (primary N) is 1. The van der Waals surface area contributed by atoms with Gasteiger partial charge in [-0.25, -0.2) is 18.7 Å². The number of fused-ring (bicyclic) bond motifs is 1. The van der Waals surface area contributed by atoms with Gasteiger partial charge in [-0.05, 0) is 61.2 Å². The minimum atomic E-state index is -0.743. The monoisotopic (exact) mass is 679 g/mol. The fourth-order valence-corrected chi connectivity index (χ4v) is 6.52. The molecule has 1 fully saturated rings. The summed E-state index contributed by atoms with van der Waals surface area (Å²) in [5, 5.41) is 7.30. The summed E-state index contributed by atoms with van der Waals surface area (Å²) in [7, 11) is 1.53. The molecule has 0 aliphatic carbocycles. The van der Waals surface area contributed by atoms with Gasteiger partial charge in [0.1, 0.15) is 28.9 Å². The number of nitrogens with one attached hydrogen (secondary N) is 1. The summed E-state index contributed by atoms with van der Waals surface area (Å²) in [4.78, 5) is 58.8. The Morgan fingerprint density at radius 1 is 1.04 bits per heavy atom. The number of likely N-dealkylation sites (tertiary alicyclic amines) is 1. The van der Waals surface area contributed by atoms with Crippen LogP contribution in [0.1, 0.15) is 66.1 Å². The first-order chi connectivity index (χ1) is 24.0. The van der Waals surface area contributed by atoms with Crippen LogP contribution in [0, 0.1) is 11.7 Å². The topological polar surface area (TPSA) is 154 Å². The van der Waals surface area contributed by atoms with E-state index in [4.69, 9.17) is 10.5 Å². The number of ether oxygens (including phenoxy) is 1. The van der Waals surface area contributed by atoms with E-state index in [-0.39, 0.29) is 46.7 Å². The van der Waals surface area contributed by atoms with Crippen LogP contribution in [0.25, 0.3) is 27.8 Å². The van der Waals surface area contributed by atoms with Gasteiger partial charge >= 0.3 is 5.97 Å². The molecule has 0 saturated carbocycles. The van der Waals surface area contributed by atoms with E-state index in [0.717, 1.165) is 29.7 Å². The second kappa shape index (κ2) is 13.9. The van der Waals surface area contributed by atoms with Crippen LogP contribution in [-0.2, 0) is 16.6 Å². The van der Waals surface area contributed by atoms with Crippen molar-refractivity contribution >= 4 is 34.8 Å². The molecular formula is C37H38FN7O5. The van der Waals surface area contributed by atoms with Crippen LogP contribution in [0.3, 0.4) is 0 Å². The molecule has 4 heterocycles. The molecule has 1 saturated heterocycles. The zero-order valence-corrected chi connectivity index (χ0v) is 28.3. The summed E-state index contributed by atoms with van der Waals surface area (Å²) < 4.78 is 22.1. The lowest BCUT2D eigenvalue weighted by atomic mass is 9.92. The lowest BCUT2D eigenvalue weighted by molar-refractivity contribution is -0.135. The van der Waals surface area contributed by atoms with Crippen LogP contribution in [0.5, 0.6) is 0 Å². The Morgan fingerprint density at radius 3 is 2.34 bits per heavy atom. The van der Waals surface area contributed by atoms with Gasteiger partial charge in [-0.1, -0.05) is 38.1 Å². The lowest BCUT2D eigenvalue weighted by Crippen LogP contribution is -2.40. The molecular weight excluding hydrogens is 641 g/mol. The molecule has 0 unspecified atom stereocenters. The highest BCUT2D eigenvalue weighted by Gasteiger charge is 2.29. The number of nitrogen functional groups attached to an aromatic ring is 1. The molecule has 1 aliphatic heterocycles. The molecule has 2 amide bonds. The van der Waals surface area contributed by atoms with Crippen molar-refractivity contribution in [2.45, 2.75) is 39.5 Å². The summed E-state index contributed by atoms with van der Waals surface area (Å²) in [6.07, 6.45) is 4.30. The van der Waals surface area contributed by atoms with Crippen LogP contribution < -0.4 is 16.5 Å². The molecule has 0 atom stereocenters. The smallest absolute Gasteiger partial charge is 0.355 e. The maximum atomic E-state index is 13.8. The Labute approximate surface area is 287 Å². The summed E-state index contributed by atoms with van der Waals surface area (Å²) in [5.74, 6) is -1.34. The van der Waals surface area contributed by atoms with Gasteiger partial charge < -0.3 is 25.3 Å². The van der Waals surface area contributed by atoms with Crippen molar-refractivity contribution in [3.05, 3.63) is 100 Å². The van der Waals surface area contributed by atoms with Crippen molar-refractivity contribution in [2.75, 3.05) is 30.7 Å². The maximum Gasteiger partial charge on any atom is 0.355 e. The van der Waals surface area contributed by atoms with Crippen molar-refractivity contribution in [3.63, 3.8) is 0 Å². The maximum absolute atomic E-state index is 13.8. The molecule has 3 N–H and O–H groups in total. The number of esters is 1. The number of aromatic nitrogens is 4. The summed E-state index contributed by atoms with van der Waals surface area (Å²) in [6, 6.07) is 14.2. The van der Waals surface area contributed by atoms with Crippen molar-refractivity contribution in [1.82, 2.24) is 24.1 Å². The Hall–Kier alpha value is -5.85. The number of hydrogen-bond donors (Lipinski definition) is 2. The van der Waals surface area contributed by atoms with Crippen LogP contribution in [0.15, 0.2) is 71.9 Å². The largest absolute Gasteiger partial charge is 0.461 e. The number of aryl methyl sites for hydroxylation is 1. The first-order valence-electron chi connectivity index (χ1n) is 16.5. The highest BCUT2D eigenvalue weighted by Crippen LogP contribution is 2.37. The van der Waals surface area contributed by atoms with Crippen molar-refractivity contribution in [2.24, 2.45) is 13.0 Å². The number of hydrogen-bond acceptors (Lipinski definition) is 8. The normalized spacial score (nSPS) is 13.5. The van der Waals surface area contributed by atoms with E-state index in [1.54, 1.807) is 19.1 Å². The van der Waals surface area contributed by atoms with Gasteiger partial charge in [-0.3, -0.25) is 14.4 Å². The first-order valence-corrected chi connectivity index (χ1v) is 16.5. The zero-order chi connectivity index (χ0) is 35.7. The van der Waals surface area contributed by atoms with E-state index in [1.165, 1.54) is 48.4 Å². The molecule has 13 heteroatoms. The molecule has 3 aromatic heterocycles. The summed E-state index contributed by atoms with van der Waals surface area (Å²) in [5.41, 5.74) is 9.31. The van der Waals surface area contributed by atoms with Crippen LogP contribution in [0.2, 0.25) is 0 Å². The highest BCUT2D eigenvalue weighted by molar-refractivity contribution is 6.06. The molecule has 50 heavy (non-hydrogen) atoms. The van der Waals surface area contributed by atoms with Crippen molar-refractivity contribution in [1.29, 1.82) is 0 Å². The van der Waals surface area contributed by atoms with E-state index in [1.807, 2.05) is 35.4 Å². The third-order valence-electron chi connectivity index (χ3n) is 9.01. The second-order valence-corrected chi connectivity index (χ2v) is 12.6. The Morgan fingerprint density at radius 2 is 1.70 bits per heavy atom. The first kappa shape index (κ1) is 34.0. The summed E-state index contributed by atoms with van der Waals surface area (Å²) >= 11 is 0. The molecule has 0 spiro atoms. The number of benzene rings is 2. The average Bonchev–Trinajstić information content (AvgIpc) is 3.50. The molecule has 5 aromatic rings. The number of halogens is 1. The number of pyridine rings is 1. The third kappa shape index (κ3) is 6.46. The number of carbonyl (C=O) groups excluding carboxylic acids is 3. The molecule has 12 nitrogen and oxygen atoms in total. The van der Waals surface area contributed by atoms with E-state index >= 15 is 0 Å². The number of nitrogens with zero attached hydrogens (tertiary/aromatic N) is 5. The number of amides is 2. The van der Waals surface area contributed by atoms with Crippen molar-refractivity contribution in [3.8, 4) is 22.3 Å². The molecule has 6 rings (SSSR count). The number of piperidine rings is 1. The van der Waals surface area contributed by atoms with Crippen molar-refractivity contribution < 1.29 is 23.5 Å². The zero-order valence-electron chi connectivity index (χ0n) is 28.3. The minimum Gasteiger partial charge on any atom is -0.461 e. The minimum absolute atomic E-state index is 0.0475. The highest BCUT2D eigenvalue weighted by atomic mass is 19.1. The quantitative estimate of drug-likeness (QED) is 0.210. The van der Waals surface area contributed by atoms with Crippen LogP contribution >= 0.6 is 0 Å². The van der Waals surface area contributed by atoms with Gasteiger partial charge in [0, 0.05) is 55.1 Å². The predicted octanol–water partition coefficient (Wildman–Crippen LogP) is 5.27. The van der Waals surface area contributed by atoms with E-state index < -0.39 is 23.1 Å². The van der Waals surface area contributed by atoms with E-state index in [0.29, 0.717) is 30.1 Å².